The highest BCUT2D eigenvalue weighted by molar-refractivity contribution is 6.17. The van der Waals surface area contributed by atoms with Crippen molar-refractivity contribution in [1.82, 2.24) is 0 Å². The number of ether oxygens (including phenoxy) is 2. The van der Waals surface area contributed by atoms with E-state index in [4.69, 9.17) is 21.1 Å². The van der Waals surface area contributed by atoms with Gasteiger partial charge in [-0.25, -0.2) is 0 Å². The minimum absolute atomic E-state index is 0.399. The second-order valence-electron chi connectivity index (χ2n) is 4.17. The fourth-order valence-electron chi connectivity index (χ4n) is 1.59. The molecule has 0 amide bonds. The average molecular weight is 263 g/mol. The molecule has 0 aromatic carbocycles. The van der Waals surface area contributed by atoms with Crippen LogP contribution in [0, 0.1) is 0 Å². The first-order chi connectivity index (χ1) is 8.41. The molecule has 0 saturated heterocycles. The van der Waals surface area contributed by atoms with Crippen LogP contribution in [-0.4, -0.2) is 26.4 Å². The van der Waals surface area contributed by atoms with E-state index < -0.39 is 0 Å². The largest absolute Gasteiger partial charge is 0.359 e. The van der Waals surface area contributed by atoms with Crippen molar-refractivity contribution >= 4 is 11.6 Å². The highest BCUT2D eigenvalue weighted by atomic mass is 35.5. The van der Waals surface area contributed by atoms with E-state index in [1.807, 2.05) is 0 Å². The molecule has 0 atom stereocenters. The number of hydrogen-bond acceptors (Lipinski definition) is 2. The lowest BCUT2D eigenvalue weighted by Gasteiger charge is -1.99. The zero-order chi connectivity index (χ0) is 12.6. The van der Waals surface area contributed by atoms with E-state index in [2.05, 4.69) is 12.2 Å². The molecule has 102 valence electrons. The molecule has 2 nitrogen and oxygen atoms in total. The molecule has 0 saturated carbocycles. The molecule has 0 N–H and O–H groups in total. The Labute approximate surface area is 111 Å². The molecule has 0 fully saturated rings. The molecule has 0 unspecified atom stereocenters. The van der Waals surface area contributed by atoms with Gasteiger partial charge in [0.15, 0.2) is 0 Å². The van der Waals surface area contributed by atoms with Gasteiger partial charge in [-0.15, -0.1) is 11.6 Å². The van der Waals surface area contributed by atoms with E-state index in [-0.39, 0.29) is 0 Å². The molecule has 0 aliphatic rings. The minimum Gasteiger partial charge on any atom is -0.359 e. The van der Waals surface area contributed by atoms with E-state index in [1.54, 1.807) is 7.11 Å². The molecule has 0 heterocycles. The summed E-state index contributed by atoms with van der Waals surface area (Å²) < 4.78 is 9.97. The van der Waals surface area contributed by atoms with Gasteiger partial charge in [-0.2, -0.15) is 0 Å². The summed E-state index contributed by atoms with van der Waals surface area (Å²) in [5, 5.41) is 0. The van der Waals surface area contributed by atoms with E-state index in [9.17, 15) is 0 Å². The van der Waals surface area contributed by atoms with Crippen molar-refractivity contribution < 1.29 is 9.47 Å². The third kappa shape index (κ3) is 15.9. The van der Waals surface area contributed by atoms with Crippen LogP contribution in [0.5, 0.6) is 0 Å². The molecular formula is C14H27ClO2. The van der Waals surface area contributed by atoms with E-state index in [1.165, 1.54) is 44.9 Å². The summed E-state index contributed by atoms with van der Waals surface area (Å²) in [5.41, 5.74) is 0. The normalized spacial score (nSPS) is 11.4. The minimum atomic E-state index is 0.399. The number of allylic oxidation sites excluding steroid dienone is 1. The van der Waals surface area contributed by atoms with E-state index in [0.717, 1.165) is 18.9 Å². The van der Waals surface area contributed by atoms with Crippen molar-refractivity contribution in [2.75, 3.05) is 26.4 Å². The van der Waals surface area contributed by atoms with E-state index >= 15 is 0 Å². The average Bonchev–Trinajstić information content (AvgIpc) is 2.35. The van der Waals surface area contributed by atoms with Gasteiger partial charge in [-0.05, 0) is 25.7 Å². The smallest absolute Gasteiger partial charge is 0.146 e. The zero-order valence-corrected chi connectivity index (χ0v) is 11.9. The quantitative estimate of drug-likeness (QED) is 0.210. The Hall–Kier alpha value is -0.0500. The fraction of sp³-hybridized carbons (Fsp3) is 0.857. The topological polar surface area (TPSA) is 18.5 Å². The highest BCUT2D eigenvalue weighted by Crippen LogP contribution is 2.08. The molecule has 0 aliphatic heterocycles. The van der Waals surface area contributed by atoms with Gasteiger partial charge in [-0.1, -0.05) is 37.8 Å². The second-order valence-corrected chi connectivity index (χ2v) is 4.55. The van der Waals surface area contributed by atoms with Crippen molar-refractivity contribution in [2.45, 2.75) is 51.4 Å². The predicted octanol–water partition coefficient (Wildman–Crippen LogP) is 4.52. The lowest BCUT2D eigenvalue weighted by atomic mass is 10.1. The SMILES string of the molecule is COCOCCC=CCCCCCCCCCl. The maximum absolute atomic E-state index is 5.62. The summed E-state index contributed by atoms with van der Waals surface area (Å²) >= 11 is 5.62. The van der Waals surface area contributed by atoms with Gasteiger partial charge in [0.2, 0.25) is 0 Å². The summed E-state index contributed by atoms with van der Waals surface area (Å²) in [5.74, 6) is 0.813. The highest BCUT2D eigenvalue weighted by Gasteiger charge is 1.89. The molecular weight excluding hydrogens is 236 g/mol. The Morgan fingerprint density at radius 1 is 0.882 bits per heavy atom. The maximum atomic E-state index is 5.62. The van der Waals surface area contributed by atoms with Crippen LogP contribution >= 0.6 is 11.6 Å². The molecule has 0 aromatic rings. The Kier molecular flexibility index (Phi) is 15.9. The summed E-state index contributed by atoms with van der Waals surface area (Å²) in [6.07, 6.45) is 14.4. The number of methoxy groups -OCH3 is 1. The molecule has 0 spiro atoms. The van der Waals surface area contributed by atoms with Crippen LogP contribution in [0.25, 0.3) is 0 Å². The lowest BCUT2D eigenvalue weighted by molar-refractivity contribution is -0.0285. The van der Waals surface area contributed by atoms with Crippen molar-refractivity contribution in [3.05, 3.63) is 12.2 Å². The van der Waals surface area contributed by atoms with Crippen LogP contribution in [0.3, 0.4) is 0 Å². The first kappa shape index (κ1) is 16.9. The molecule has 0 bridgehead atoms. The van der Waals surface area contributed by atoms with Crippen LogP contribution in [-0.2, 0) is 9.47 Å². The van der Waals surface area contributed by atoms with Gasteiger partial charge in [0.05, 0.1) is 6.61 Å². The summed E-state index contributed by atoms with van der Waals surface area (Å²) in [7, 11) is 1.64. The summed E-state index contributed by atoms with van der Waals surface area (Å²) in [4.78, 5) is 0. The van der Waals surface area contributed by atoms with Gasteiger partial charge in [0, 0.05) is 13.0 Å². The molecule has 17 heavy (non-hydrogen) atoms. The molecule has 0 radical (unpaired) electrons. The lowest BCUT2D eigenvalue weighted by Crippen LogP contribution is -1.96. The third-order valence-corrected chi connectivity index (χ3v) is 2.82. The van der Waals surface area contributed by atoms with Gasteiger partial charge >= 0.3 is 0 Å². The maximum Gasteiger partial charge on any atom is 0.146 e. The monoisotopic (exact) mass is 262 g/mol. The van der Waals surface area contributed by atoms with Gasteiger partial charge in [0.25, 0.3) is 0 Å². The molecule has 0 aliphatic carbocycles. The summed E-state index contributed by atoms with van der Waals surface area (Å²) in [6.45, 7) is 1.15. The van der Waals surface area contributed by atoms with Crippen molar-refractivity contribution in [2.24, 2.45) is 0 Å². The van der Waals surface area contributed by atoms with Crippen LogP contribution in [0.15, 0.2) is 12.2 Å². The number of unbranched alkanes of at least 4 members (excludes halogenated alkanes) is 6. The Morgan fingerprint density at radius 2 is 1.53 bits per heavy atom. The molecule has 0 rings (SSSR count). The van der Waals surface area contributed by atoms with E-state index in [0.29, 0.717) is 6.79 Å². The number of hydrogen-bond donors (Lipinski definition) is 0. The van der Waals surface area contributed by atoms with Gasteiger partial charge < -0.3 is 9.47 Å². The Bertz CT molecular complexity index is 160. The fourth-order valence-corrected chi connectivity index (χ4v) is 1.78. The second kappa shape index (κ2) is 16.0. The van der Waals surface area contributed by atoms with Crippen LogP contribution in [0.2, 0.25) is 0 Å². The number of rotatable bonds is 13. The molecule has 3 heteroatoms. The molecule has 0 aromatic heterocycles. The first-order valence-electron chi connectivity index (χ1n) is 6.69. The van der Waals surface area contributed by atoms with Crippen LogP contribution < -0.4 is 0 Å². The number of alkyl halides is 1. The predicted molar refractivity (Wildman–Crippen MR) is 74.6 cm³/mol. The first-order valence-corrected chi connectivity index (χ1v) is 7.23. The van der Waals surface area contributed by atoms with Gasteiger partial charge in [0.1, 0.15) is 6.79 Å². The third-order valence-electron chi connectivity index (χ3n) is 2.55. The van der Waals surface area contributed by atoms with Crippen molar-refractivity contribution in [3.63, 3.8) is 0 Å². The zero-order valence-electron chi connectivity index (χ0n) is 11.1. The van der Waals surface area contributed by atoms with Crippen LogP contribution in [0.4, 0.5) is 0 Å². The van der Waals surface area contributed by atoms with Crippen molar-refractivity contribution in [3.8, 4) is 0 Å². The Morgan fingerprint density at radius 3 is 2.24 bits per heavy atom. The summed E-state index contributed by atoms with van der Waals surface area (Å²) in [6, 6.07) is 0. The Balaban J connectivity index is 2.99. The van der Waals surface area contributed by atoms with Crippen LogP contribution in [0.1, 0.15) is 51.4 Å². The number of halogens is 1. The van der Waals surface area contributed by atoms with Crippen molar-refractivity contribution in [1.29, 1.82) is 0 Å². The van der Waals surface area contributed by atoms with Gasteiger partial charge in [-0.3, -0.25) is 0 Å². The standard InChI is InChI=1S/C14H27ClO2/c1-16-14-17-13-11-9-7-5-3-2-4-6-8-10-12-15/h7,9H,2-6,8,10-14H2,1H3.